The Labute approximate surface area is 109 Å². The van der Waals surface area contributed by atoms with Gasteiger partial charge in [0, 0.05) is 26.3 Å². The maximum Gasteiger partial charge on any atom is 0.131 e. The van der Waals surface area contributed by atoms with Gasteiger partial charge >= 0.3 is 0 Å². The fraction of sp³-hybridized carbons (Fsp3) is 0.615. The minimum Gasteiger partial charge on any atom is -0.394 e. The number of aliphatic hydroxyl groups excluding tert-OH is 1. The van der Waals surface area contributed by atoms with Gasteiger partial charge < -0.3 is 20.1 Å². The van der Waals surface area contributed by atoms with Crippen molar-refractivity contribution in [3.8, 4) is 0 Å². The van der Waals surface area contributed by atoms with Crippen molar-refractivity contribution in [3.05, 3.63) is 23.4 Å². The van der Waals surface area contributed by atoms with E-state index in [1.165, 1.54) is 5.56 Å². The van der Waals surface area contributed by atoms with E-state index < -0.39 is 0 Å². The zero-order valence-corrected chi connectivity index (χ0v) is 11.4. The first kappa shape index (κ1) is 14.9. The first-order valence-corrected chi connectivity index (χ1v) is 6.19. The molecule has 0 spiro atoms. The van der Waals surface area contributed by atoms with Crippen LogP contribution in [-0.4, -0.2) is 50.6 Å². The monoisotopic (exact) mass is 253 g/mol. The van der Waals surface area contributed by atoms with E-state index in [1.54, 1.807) is 0 Å². The second-order valence-corrected chi connectivity index (χ2v) is 4.27. The predicted octanol–water partition coefficient (Wildman–Crippen LogP) is 0.555. The second kappa shape index (κ2) is 8.02. The molecule has 0 atom stereocenters. The Morgan fingerprint density at radius 2 is 2.22 bits per heavy atom. The van der Waals surface area contributed by atoms with E-state index in [1.807, 2.05) is 20.3 Å². The maximum atomic E-state index is 8.62. The molecule has 2 N–H and O–H groups in total. The largest absolute Gasteiger partial charge is 0.394 e. The van der Waals surface area contributed by atoms with Gasteiger partial charge in [-0.1, -0.05) is 0 Å². The number of ether oxygens (including phenoxy) is 1. The molecule has 1 rings (SSSR count). The lowest BCUT2D eigenvalue weighted by Gasteiger charge is -2.20. The molecule has 0 saturated carbocycles. The summed E-state index contributed by atoms with van der Waals surface area (Å²) in [6, 6.07) is 2.14. The molecular weight excluding hydrogens is 230 g/mol. The minimum atomic E-state index is 0.0692. The number of rotatable bonds is 8. The lowest BCUT2D eigenvalue weighted by atomic mass is 10.2. The van der Waals surface area contributed by atoms with Gasteiger partial charge in [-0.3, -0.25) is 0 Å². The van der Waals surface area contributed by atoms with Crippen LogP contribution in [0.4, 0.5) is 5.82 Å². The van der Waals surface area contributed by atoms with Crippen LogP contribution in [0.3, 0.4) is 0 Å². The summed E-state index contributed by atoms with van der Waals surface area (Å²) in [6.45, 7) is 4.71. The summed E-state index contributed by atoms with van der Waals surface area (Å²) in [5.41, 5.74) is 2.34. The Morgan fingerprint density at radius 1 is 1.44 bits per heavy atom. The van der Waals surface area contributed by atoms with Crippen LogP contribution in [-0.2, 0) is 11.3 Å². The fourth-order valence-corrected chi connectivity index (χ4v) is 1.80. The van der Waals surface area contributed by atoms with Crippen LogP contribution in [0.1, 0.15) is 11.1 Å². The first-order valence-electron chi connectivity index (χ1n) is 6.19. The quantitative estimate of drug-likeness (QED) is 0.663. The van der Waals surface area contributed by atoms with Crippen molar-refractivity contribution in [1.82, 2.24) is 10.3 Å². The summed E-state index contributed by atoms with van der Waals surface area (Å²) in [5, 5.41) is 11.7. The predicted molar refractivity (Wildman–Crippen MR) is 72.9 cm³/mol. The summed E-state index contributed by atoms with van der Waals surface area (Å²) < 4.78 is 5.25. The highest BCUT2D eigenvalue weighted by molar-refractivity contribution is 5.46. The number of aromatic nitrogens is 1. The van der Waals surface area contributed by atoms with E-state index in [2.05, 4.69) is 28.2 Å². The molecule has 18 heavy (non-hydrogen) atoms. The molecule has 0 saturated heterocycles. The highest BCUT2D eigenvalue weighted by atomic mass is 16.5. The number of nitrogens with zero attached hydrogens (tertiary/aromatic N) is 2. The molecule has 0 radical (unpaired) electrons. The highest BCUT2D eigenvalue weighted by Crippen LogP contribution is 2.16. The van der Waals surface area contributed by atoms with E-state index in [-0.39, 0.29) is 6.61 Å². The zero-order valence-electron chi connectivity index (χ0n) is 11.4. The number of hydrogen-bond acceptors (Lipinski definition) is 5. The zero-order chi connectivity index (χ0) is 13.4. The third-order valence-corrected chi connectivity index (χ3v) is 2.66. The van der Waals surface area contributed by atoms with E-state index in [0.29, 0.717) is 13.2 Å². The van der Waals surface area contributed by atoms with E-state index in [9.17, 15) is 0 Å². The molecule has 102 valence electrons. The Morgan fingerprint density at radius 3 is 2.83 bits per heavy atom. The summed E-state index contributed by atoms with van der Waals surface area (Å²) in [4.78, 5) is 6.54. The molecule has 0 aliphatic heterocycles. The lowest BCUT2D eigenvalue weighted by Crippen LogP contribution is -2.25. The average molecular weight is 253 g/mol. The standard InChI is InChI=1S/C13H23N3O2/c1-11-8-12(9-14-2)10-15-13(11)16(3)4-6-18-7-5-17/h8,10,14,17H,4-7,9H2,1-3H3. The summed E-state index contributed by atoms with van der Waals surface area (Å²) in [5.74, 6) is 0.974. The maximum absolute atomic E-state index is 8.62. The van der Waals surface area contributed by atoms with Crippen molar-refractivity contribution in [2.75, 3.05) is 45.4 Å². The second-order valence-electron chi connectivity index (χ2n) is 4.27. The van der Waals surface area contributed by atoms with Gasteiger partial charge in [-0.25, -0.2) is 4.98 Å². The molecular formula is C13H23N3O2. The SMILES string of the molecule is CNCc1cnc(N(C)CCOCCO)c(C)c1. The van der Waals surface area contributed by atoms with Crippen LogP contribution in [0.15, 0.2) is 12.3 Å². The van der Waals surface area contributed by atoms with Gasteiger partial charge in [-0.05, 0) is 31.2 Å². The molecule has 5 heteroatoms. The van der Waals surface area contributed by atoms with Crippen LogP contribution < -0.4 is 10.2 Å². The van der Waals surface area contributed by atoms with Gasteiger partial charge in [0.05, 0.1) is 19.8 Å². The van der Waals surface area contributed by atoms with Gasteiger partial charge in [0.15, 0.2) is 0 Å². The average Bonchev–Trinajstić information content (AvgIpc) is 2.35. The minimum absolute atomic E-state index is 0.0692. The number of aryl methyl sites for hydroxylation is 1. The Hall–Kier alpha value is -1.17. The van der Waals surface area contributed by atoms with Gasteiger partial charge in [-0.2, -0.15) is 0 Å². The molecule has 1 heterocycles. The lowest BCUT2D eigenvalue weighted by molar-refractivity contribution is 0.0970. The fourth-order valence-electron chi connectivity index (χ4n) is 1.80. The number of aliphatic hydroxyl groups is 1. The van der Waals surface area contributed by atoms with Crippen LogP contribution >= 0.6 is 0 Å². The van der Waals surface area contributed by atoms with E-state index in [0.717, 1.165) is 24.5 Å². The molecule has 0 aliphatic rings. The molecule has 0 unspecified atom stereocenters. The third-order valence-electron chi connectivity index (χ3n) is 2.66. The molecule has 0 aromatic carbocycles. The number of hydrogen-bond donors (Lipinski definition) is 2. The molecule has 1 aromatic heterocycles. The number of anilines is 1. The summed E-state index contributed by atoms with van der Waals surface area (Å²) >= 11 is 0. The van der Waals surface area contributed by atoms with E-state index in [4.69, 9.17) is 9.84 Å². The molecule has 0 bridgehead atoms. The van der Waals surface area contributed by atoms with Gasteiger partial charge in [0.2, 0.25) is 0 Å². The molecule has 0 aliphatic carbocycles. The smallest absolute Gasteiger partial charge is 0.131 e. The number of likely N-dealkylation sites (N-methyl/N-ethyl adjacent to an activating group) is 1. The Balaban J connectivity index is 2.54. The van der Waals surface area contributed by atoms with E-state index >= 15 is 0 Å². The van der Waals surface area contributed by atoms with Crippen LogP contribution in [0, 0.1) is 6.92 Å². The van der Waals surface area contributed by atoms with Gasteiger partial charge in [-0.15, -0.1) is 0 Å². The van der Waals surface area contributed by atoms with Crippen molar-refractivity contribution in [2.45, 2.75) is 13.5 Å². The van der Waals surface area contributed by atoms with Crippen LogP contribution in [0.25, 0.3) is 0 Å². The van der Waals surface area contributed by atoms with Crippen LogP contribution in [0.2, 0.25) is 0 Å². The molecule has 0 fully saturated rings. The Bertz CT molecular complexity index is 358. The van der Waals surface area contributed by atoms with Crippen molar-refractivity contribution in [2.24, 2.45) is 0 Å². The van der Waals surface area contributed by atoms with Crippen LogP contribution in [0.5, 0.6) is 0 Å². The topological polar surface area (TPSA) is 57.6 Å². The first-order chi connectivity index (χ1) is 8.69. The van der Waals surface area contributed by atoms with Gasteiger partial charge in [0.1, 0.15) is 5.82 Å². The van der Waals surface area contributed by atoms with Gasteiger partial charge in [0.25, 0.3) is 0 Å². The normalized spacial score (nSPS) is 10.7. The Kier molecular flexibility index (Phi) is 6.64. The molecule has 1 aromatic rings. The summed E-state index contributed by atoms with van der Waals surface area (Å²) in [6.07, 6.45) is 1.89. The molecule has 5 nitrogen and oxygen atoms in total. The van der Waals surface area contributed by atoms with Crippen molar-refractivity contribution in [3.63, 3.8) is 0 Å². The third kappa shape index (κ3) is 4.60. The number of nitrogens with one attached hydrogen (secondary N) is 1. The van der Waals surface area contributed by atoms with Crippen molar-refractivity contribution < 1.29 is 9.84 Å². The summed E-state index contributed by atoms with van der Waals surface area (Å²) in [7, 11) is 3.92. The molecule has 0 amide bonds. The van der Waals surface area contributed by atoms with Crippen molar-refractivity contribution >= 4 is 5.82 Å². The van der Waals surface area contributed by atoms with Crippen molar-refractivity contribution in [1.29, 1.82) is 0 Å². The number of pyridine rings is 1. The highest BCUT2D eigenvalue weighted by Gasteiger charge is 2.06.